The molecular formula is C50H64FN7O6. The zero-order valence-electron chi connectivity index (χ0n) is 38.0. The molecule has 0 saturated carbocycles. The molecule has 342 valence electrons. The van der Waals surface area contributed by atoms with E-state index >= 15 is 0 Å². The molecule has 0 unspecified atom stereocenters. The number of piperidine rings is 2. The highest BCUT2D eigenvalue weighted by atomic mass is 19.1. The summed E-state index contributed by atoms with van der Waals surface area (Å²) in [6.07, 6.45) is 9.46. The molecule has 2 N–H and O–H groups in total. The first-order valence-corrected chi connectivity index (χ1v) is 22.8. The fourth-order valence-corrected chi connectivity index (χ4v) is 9.81. The van der Waals surface area contributed by atoms with E-state index in [1.165, 1.54) is 40.5 Å². The number of aromatic amines is 1. The molecule has 3 aromatic carbocycles. The number of hydrogen-bond donors (Lipinski definition) is 2. The summed E-state index contributed by atoms with van der Waals surface area (Å²) in [5, 5.41) is 9.29. The maximum Gasteiger partial charge on any atom is 0.324 e. The monoisotopic (exact) mass is 877 g/mol. The lowest BCUT2D eigenvalue weighted by molar-refractivity contribution is -0.135. The smallest absolute Gasteiger partial charge is 0.324 e. The van der Waals surface area contributed by atoms with E-state index in [9.17, 15) is 18.8 Å². The van der Waals surface area contributed by atoms with E-state index in [1.54, 1.807) is 31.4 Å². The number of H-pyrrole nitrogens is 1. The Bertz CT molecular complexity index is 2400. The van der Waals surface area contributed by atoms with Crippen LogP contribution in [-0.2, 0) is 11.2 Å². The molecule has 2 fully saturated rings. The minimum absolute atomic E-state index is 0.000894. The van der Waals surface area contributed by atoms with Gasteiger partial charge in [0.1, 0.15) is 5.82 Å². The molecule has 5 aromatic rings. The Balaban J connectivity index is 0.000000192. The third kappa shape index (κ3) is 10.7. The molecule has 64 heavy (non-hydrogen) atoms. The van der Waals surface area contributed by atoms with Crippen molar-refractivity contribution >= 4 is 39.6 Å². The molecule has 4 heterocycles. The second kappa shape index (κ2) is 21.4. The van der Waals surface area contributed by atoms with Crippen LogP contribution in [0.1, 0.15) is 85.0 Å². The Morgan fingerprint density at radius 2 is 1.88 bits per heavy atom. The Morgan fingerprint density at radius 3 is 2.61 bits per heavy atom. The number of benzene rings is 3. The molecule has 2 aromatic heterocycles. The second-order valence-corrected chi connectivity index (χ2v) is 17.6. The predicted octanol–water partition coefficient (Wildman–Crippen LogP) is 8.02. The number of ether oxygens (including phenoxy) is 2. The second-order valence-electron chi connectivity index (χ2n) is 17.6. The van der Waals surface area contributed by atoms with Crippen molar-refractivity contribution in [2.45, 2.75) is 70.3 Å². The molecule has 8 rings (SSSR count). The lowest BCUT2D eigenvalue weighted by atomic mass is 9.72. The van der Waals surface area contributed by atoms with Gasteiger partial charge >= 0.3 is 6.03 Å². The SMILES string of the molecule is C=CCN1C[C@H](C(=O)N(CCCN(C)C)C(=O)NCC)C[C@@H]2c3cccc4[nH]cc(c34)C[C@H]21.COc1cc(C(C)=O)ccc1OCCCN1CCC(c2noc3cc(F)ccc23)CC1. The van der Waals surface area contributed by atoms with E-state index in [0.29, 0.717) is 60.8 Å². The summed E-state index contributed by atoms with van der Waals surface area (Å²) in [5.74, 6) is 1.25. The summed E-state index contributed by atoms with van der Waals surface area (Å²) in [6.45, 7) is 14.0. The van der Waals surface area contributed by atoms with Crippen LogP contribution in [0.15, 0.2) is 78.0 Å². The van der Waals surface area contributed by atoms with Gasteiger partial charge in [0.15, 0.2) is 22.9 Å². The Kier molecular flexibility index (Phi) is 15.5. The van der Waals surface area contributed by atoms with E-state index in [-0.39, 0.29) is 35.4 Å². The lowest BCUT2D eigenvalue weighted by Crippen LogP contribution is -2.55. The highest BCUT2D eigenvalue weighted by Gasteiger charge is 2.44. The number of aromatic nitrogens is 2. The van der Waals surface area contributed by atoms with Crippen LogP contribution in [-0.4, -0.2) is 134 Å². The largest absolute Gasteiger partial charge is 0.493 e. The summed E-state index contributed by atoms with van der Waals surface area (Å²) in [5.41, 5.74) is 5.91. The van der Waals surface area contributed by atoms with Crippen molar-refractivity contribution in [1.29, 1.82) is 0 Å². The number of hydrogen-bond acceptors (Lipinski definition) is 10. The van der Waals surface area contributed by atoms with Crippen molar-refractivity contribution in [2.24, 2.45) is 5.92 Å². The molecular weight excluding hydrogens is 814 g/mol. The van der Waals surface area contributed by atoms with Gasteiger partial charge in [-0.15, -0.1) is 6.58 Å². The number of halogens is 1. The normalized spacial score (nSPS) is 18.9. The van der Waals surface area contributed by atoms with E-state index in [0.717, 1.165) is 87.8 Å². The first-order valence-electron chi connectivity index (χ1n) is 22.8. The third-order valence-electron chi connectivity index (χ3n) is 13.0. The zero-order valence-corrected chi connectivity index (χ0v) is 38.0. The Labute approximate surface area is 375 Å². The fraction of sp³-hybridized carbons (Fsp3) is 0.480. The maximum absolute atomic E-state index is 13.7. The molecule has 1 aliphatic carbocycles. The summed E-state index contributed by atoms with van der Waals surface area (Å²) in [6, 6.07) is 16.4. The fourth-order valence-electron chi connectivity index (χ4n) is 9.81. The number of urea groups is 1. The number of likely N-dealkylation sites (tertiary alicyclic amines) is 2. The maximum atomic E-state index is 13.7. The van der Waals surface area contributed by atoms with E-state index in [4.69, 9.17) is 14.0 Å². The number of carbonyl (C=O) groups is 3. The number of fused-ring (bicyclic) bond motifs is 3. The molecule has 0 spiro atoms. The molecule has 3 amide bonds. The molecule has 3 aliphatic rings. The number of imide groups is 1. The number of nitrogens with zero attached hydrogens (tertiary/aromatic N) is 5. The van der Waals surface area contributed by atoms with E-state index < -0.39 is 0 Å². The highest BCUT2D eigenvalue weighted by molar-refractivity contribution is 5.96. The summed E-state index contributed by atoms with van der Waals surface area (Å²) in [7, 11) is 5.59. The number of methoxy groups -OCH3 is 1. The highest BCUT2D eigenvalue weighted by Crippen LogP contribution is 2.45. The van der Waals surface area contributed by atoms with Gasteiger partial charge in [-0.3, -0.25) is 19.4 Å². The van der Waals surface area contributed by atoms with Crippen molar-refractivity contribution < 1.29 is 32.8 Å². The van der Waals surface area contributed by atoms with Gasteiger partial charge in [-0.2, -0.15) is 0 Å². The first kappa shape index (κ1) is 46.4. The number of amides is 3. The molecule has 3 atom stereocenters. The van der Waals surface area contributed by atoms with Crippen molar-refractivity contribution in [3.63, 3.8) is 0 Å². The van der Waals surface area contributed by atoms with Crippen molar-refractivity contribution in [3.8, 4) is 11.5 Å². The summed E-state index contributed by atoms with van der Waals surface area (Å²) in [4.78, 5) is 49.9. The number of rotatable bonds is 16. The van der Waals surface area contributed by atoms with Crippen molar-refractivity contribution in [1.82, 2.24) is 35.1 Å². The topological polar surface area (TPSA) is 136 Å². The van der Waals surface area contributed by atoms with Gasteiger partial charge in [-0.05, 0) is 134 Å². The van der Waals surface area contributed by atoms with Crippen LogP contribution in [0.5, 0.6) is 11.5 Å². The number of Topliss-reactive ketones (excluding diaryl/α,β-unsaturated/α-hetero) is 1. The third-order valence-corrected chi connectivity index (χ3v) is 13.0. The Morgan fingerprint density at radius 1 is 1.06 bits per heavy atom. The van der Waals surface area contributed by atoms with Crippen LogP contribution in [0.3, 0.4) is 0 Å². The molecule has 2 aliphatic heterocycles. The molecule has 2 saturated heterocycles. The van der Waals surface area contributed by atoms with Crippen LogP contribution in [0.25, 0.3) is 21.9 Å². The predicted molar refractivity (Wildman–Crippen MR) is 248 cm³/mol. The van der Waals surface area contributed by atoms with E-state index in [2.05, 4.69) is 61.1 Å². The summed E-state index contributed by atoms with van der Waals surface area (Å²) < 4.78 is 29.9. The first-order chi connectivity index (χ1) is 31.0. The minimum atomic E-state index is -0.306. The van der Waals surface area contributed by atoms with Crippen LogP contribution >= 0.6 is 0 Å². The molecule has 0 radical (unpaired) electrons. The van der Waals surface area contributed by atoms with Crippen LogP contribution in [0.4, 0.5) is 9.18 Å². The standard InChI is InChI=1S/C26H37N5O2.C24H27FN2O4/c1-5-11-30-17-19(25(32)31(26(33)27-6-2)13-8-12-29(3)4)14-21-20-9-7-10-22-24(20)18(16-28-22)15-23(21)30;1-16(28)18-4-7-21(23(14-18)29-2)30-13-3-10-27-11-8-17(9-12-27)24-20-6-5-19(25)15-22(20)31-26-24/h5,7,9-10,16,19,21,23,28H,1,6,8,11-15,17H2,2-4H3,(H,27,33);4-7,14-15,17H,3,8-13H2,1-2H3/t19-,21-,23-;/m1./s1. The zero-order chi connectivity index (χ0) is 45.3. The Hall–Kier alpha value is -5.57. The number of carbonyl (C=O) groups excluding carboxylic acids is 3. The van der Waals surface area contributed by atoms with Gasteiger partial charge in [0.25, 0.3) is 0 Å². The van der Waals surface area contributed by atoms with Gasteiger partial charge in [0.2, 0.25) is 5.91 Å². The van der Waals surface area contributed by atoms with Crippen LogP contribution in [0, 0.1) is 11.7 Å². The number of ketones is 1. The minimum Gasteiger partial charge on any atom is -0.493 e. The average molecular weight is 878 g/mol. The van der Waals surface area contributed by atoms with Gasteiger partial charge in [-0.1, -0.05) is 23.4 Å². The molecule has 13 nitrogen and oxygen atoms in total. The summed E-state index contributed by atoms with van der Waals surface area (Å²) >= 11 is 0. The molecule has 0 bridgehead atoms. The van der Waals surface area contributed by atoms with Crippen molar-refractivity contribution in [3.05, 3.63) is 102 Å². The van der Waals surface area contributed by atoms with Crippen LogP contribution in [0.2, 0.25) is 0 Å². The quantitative estimate of drug-likeness (QED) is 0.0570. The van der Waals surface area contributed by atoms with Crippen molar-refractivity contribution in [2.75, 3.05) is 80.2 Å². The van der Waals surface area contributed by atoms with Gasteiger partial charge in [0, 0.05) is 84.7 Å². The number of nitrogens with one attached hydrogen (secondary N) is 2. The van der Waals surface area contributed by atoms with E-state index in [1.807, 2.05) is 27.1 Å². The molecule has 14 heteroatoms. The van der Waals surface area contributed by atoms with Gasteiger partial charge in [0.05, 0.1) is 25.3 Å². The lowest BCUT2D eigenvalue weighted by Gasteiger charge is -2.47. The van der Waals surface area contributed by atoms with Crippen LogP contribution < -0.4 is 14.8 Å². The van der Waals surface area contributed by atoms with Gasteiger partial charge < -0.3 is 34.1 Å². The van der Waals surface area contributed by atoms with Gasteiger partial charge in [-0.25, -0.2) is 9.18 Å². The average Bonchev–Trinajstić information content (AvgIpc) is 3.91.